The van der Waals surface area contributed by atoms with Crippen LogP contribution in [0.5, 0.6) is 0 Å². The molecule has 0 fully saturated rings. The van der Waals surface area contributed by atoms with Gasteiger partial charge in [0.15, 0.2) is 0 Å². The number of carboxylic acids is 1. The maximum Gasteiger partial charge on any atom is 0.353 e. The Kier molecular flexibility index (Phi) is 2.90. The van der Waals surface area contributed by atoms with Crippen molar-refractivity contribution < 1.29 is 19.4 Å². The SMILES string of the molecule is COC(=O)C1=Nc2ccccc2C1(C)CC(=O)O. The highest BCUT2D eigenvalue weighted by Crippen LogP contribution is 2.42. The lowest BCUT2D eigenvalue weighted by atomic mass is 9.76. The topological polar surface area (TPSA) is 76.0 Å². The molecule has 1 N–H and O–H groups in total. The van der Waals surface area contributed by atoms with Crippen molar-refractivity contribution in [1.82, 2.24) is 0 Å². The lowest BCUT2D eigenvalue weighted by Crippen LogP contribution is -2.38. The number of carbonyl (C=O) groups excluding carboxylic acids is 1. The van der Waals surface area contributed by atoms with Crippen molar-refractivity contribution in [2.45, 2.75) is 18.8 Å². The smallest absolute Gasteiger partial charge is 0.353 e. The molecule has 18 heavy (non-hydrogen) atoms. The molecule has 1 aromatic carbocycles. The molecule has 0 saturated heterocycles. The van der Waals surface area contributed by atoms with Gasteiger partial charge in [-0.25, -0.2) is 9.79 Å². The van der Waals surface area contributed by atoms with E-state index in [1.807, 2.05) is 0 Å². The number of benzene rings is 1. The van der Waals surface area contributed by atoms with E-state index in [0.29, 0.717) is 5.69 Å². The van der Waals surface area contributed by atoms with Crippen molar-refractivity contribution >= 4 is 23.3 Å². The van der Waals surface area contributed by atoms with Gasteiger partial charge >= 0.3 is 11.9 Å². The third kappa shape index (κ3) is 1.77. The maximum absolute atomic E-state index is 11.7. The quantitative estimate of drug-likeness (QED) is 0.824. The fourth-order valence-electron chi connectivity index (χ4n) is 2.26. The Morgan fingerprint density at radius 3 is 2.67 bits per heavy atom. The highest BCUT2D eigenvalue weighted by Gasteiger charge is 2.44. The zero-order chi connectivity index (χ0) is 13.3. The number of carboxylic acid groups (broad SMARTS) is 1. The Balaban J connectivity index is 2.55. The normalized spacial score (nSPS) is 21.1. The van der Waals surface area contributed by atoms with Gasteiger partial charge in [0.1, 0.15) is 5.71 Å². The van der Waals surface area contributed by atoms with Gasteiger partial charge < -0.3 is 9.84 Å². The Morgan fingerprint density at radius 1 is 1.39 bits per heavy atom. The molecule has 0 spiro atoms. The van der Waals surface area contributed by atoms with Crippen LogP contribution in [0.3, 0.4) is 0 Å². The molecule has 1 aliphatic rings. The van der Waals surface area contributed by atoms with E-state index in [1.165, 1.54) is 7.11 Å². The number of aliphatic imine (C=N–C) groups is 1. The van der Waals surface area contributed by atoms with Crippen LogP contribution >= 0.6 is 0 Å². The van der Waals surface area contributed by atoms with E-state index in [2.05, 4.69) is 9.73 Å². The van der Waals surface area contributed by atoms with Crippen LogP contribution in [0, 0.1) is 0 Å². The van der Waals surface area contributed by atoms with Gasteiger partial charge in [0.2, 0.25) is 0 Å². The molecule has 0 bridgehead atoms. The summed E-state index contributed by atoms with van der Waals surface area (Å²) in [5.41, 5.74) is 0.582. The molecule has 0 radical (unpaired) electrons. The van der Waals surface area contributed by atoms with E-state index in [0.717, 1.165) is 5.56 Å². The van der Waals surface area contributed by atoms with Gasteiger partial charge in [-0.05, 0) is 18.6 Å². The molecular formula is C13H13NO4. The third-order valence-corrected chi connectivity index (χ3v) is 3.14. The standard InChI is InChI=1S/C13H13NO4/c1-13(7-10(15)16)8-5-3-4-6-9(8)14-11(13)12(17)18-2/h3-6H,7H2,1-2H3,(H,15,16). The molecular weight excluding hydrogens is 234 g/mol. The van der Waals surface area contributed by atoms with E-state index in [-0.39, 0.29) is 12.1 Å². The van der Waals surface area contributed by atoms with Gasteiger partial charge in [-0.15, -0.1) is 0 Å². The second-order valence-electron chi connectivity index (χ2n) is 4.37. The molecule has 2 rings (SSSR count). The molecule has 1 aromatic rings. The predicted octanol–water partition coefficient (Wildman–Crippen LogP) is 1.68. The van der Waals surface area contributed by atoms with E-state index >= 15 is 0 Å². The second kappa shape index (κ2) is 4.25. The molecule has 0 amide bonds. The van der Waals surface area contributed by atoms with Crippen LogP contribution in [0.2, 0.25) is 0 Å². The molecule has 94 valence electrons. The minimum atomic E-state index is -0.981. The van der Waals surface area contributed by atoms with Crippen molar-refractivity contribution in [3.63, 3.8) is 0 Å². The van der Waals surface area contributed by atoms with Crippen molar-refractivity contribution in [2.24, 2.45) is 4.99 Å². The van der Waals surface area contributed by atoms with Crippen LogP contribution < -0.4 is 0 Å². The van der Waals surface area contributed by atoms with Crippen molar-refractivity contribution in [3.05, 3.63) is 29.8 Å². The van der Waals surface area contributed by atoms with Crippen LogP contribution in [-0.4, -0.2) is 29.9 Å². The number of methoxy groups -OCH3 is 1. The number of fused-ring (bicyclic) bond motifs is 1. The fraction of sp³-hybridized carbons (Fsp3) is 0.308. The van der Waals surface area contributed by atoms with E-state index < -0.39 is 17.4 Å². The Labute approximate surface area is 104 Å². The summed E-state index contributed by atoms with van der Waals surface area (Å²) in [5.74, 6) is -1.57. The average Bonchev–Trinajstić information content (AvgIpc) is 2.61. The van der Waals surface area contributed by atoms with E-state index in [9.17, 15) is 9.59 Å². The molecule has 0 aromatic heterocycles. The predicted molar refractivity (Wildman–Crippen MR) is 65.2 cm³/mol. The van der Waals surface area contributed by atoms with Crippen molar-refractivity contribution in [2.75, 3.05) is 7.11 Å². The van der Waals surface area contributed by atoms with Crippen LogP contribution in [-0.2, 0) is 19.7 Å². The van der Waals surface area contributed by atoms with Crippen LogP contribution in [0.4, 0.5) is 5.69 Å². The molecule has 5 nitrogen and oxygen atoms in total. The van der Waals surface area contributed by atoms with Crippen LogP contribution in [0.25, 0.3) is 0 Å². The Hall–Kier alpha value is -2.17. The number of esters is 1. The summed E-state index contributed by atoms with van der Waals surface area (Å²) < 4.78 is 4.68. The molecule has 1 heterocycles. The Morgan fingerprint density at radius 2 is 2.06 bits per heavy atom. The van der Waals surface area contributed by atoms with Crippen LogP contribution in [0.1, 0.15) is 18.9 Å². The summed E-state index contributed by atoms with van der Waals surface area (Å²) in [7, 11) is 1.26. The number of hydrogen-bond donors (Lipinski definition) is 1. The number of ether oxygens (including phenoxy) is 1. The molecule has 1 atom stereocenters. The highest BCUT2D eigenvalue weighted by atomic mass is 16.5. The van der Waals surface area contributed by atoms with Gasteiger partial charge in [0.25, 0.3) is 0 Å². The van der Waals surface area contributed by atoms with Gasteiger partial charge in [-0.3, -0.25) is 4.79 Å². The van der Waals surface area contributed by atoms with E-state index in [1.54, 1.807) is 31.2 Å². The zero-order valence-corrected chi connectivity index (χ0v) is 10.1. The first kappa shape index (κ1) is 12.3. The maximum atomic E-state index is 11.7. The molecule has 1 unspecified atom stereocenters. The number of nitrogens with zero attached hydrogens (tertiary/aromatic N) is 1. The summed E-state index contributed by atoms with van der Waals surface area (Å²) in [6.45, 7) is 1.70. The minimum Gasteiger partial charge on any atom is -0.481 e. The zero-order valence-electron chi connectivity index (χ0n) is 10.1. The number of aliphatic carboxylic acids is 1. The highest BCUT2D eigenvalue weighted by molar-refractivity contribution is 6.42. The van der Waals surface area contributed by atoms with Crippen LogP contribution in [0.15, 0.2) is 29.3 Å². The summed E-state index contributed by atoms with van der Waals surface area (Å²) in [5, 5.41) is 9.03. The minimum absolute atomic E-state index is 0.147. The molecule has 0 aliphatic carbocycles. The number of para-hydroxylation sites is 1. The lowest BCUT2D eigenvalue weighted by Gasteiger charge is -2.24. The van der Waals surface area contributed by atoms with Gasteiger partial charge in [-0.1, -0.05) is 18.2 Å². The number of carbonyl (C=O) groups is 2. The molecule has 5 heteroatoms. The molecule has 1 aliphatic heterocycles. The summed E-state index contributed by atoms with van der Waals surface area (Å²) >= 11 is 0. The summed E-state index contributed by atoms with van der Waals surface area (Å²) in [6, 6.07) is 7.14. The van der Waals surface area contributed by atoms with E-state index in [4.69, 9.17) is 5.11 Å². The lowest BCUT2D eigenvalue weighted by molar-refractivity contribution is -0.137. The molecule has 0 saturated carbocycles. The largest absolute Gasteiger partial charge is 0.481 e. The number of rotatable bonds is 3. The van der Waals surface area contributed by atoms with Gasteiger partial charge in [0, 0.05) is 0 Å². The van der Waals surface area contributed by atoms with Gasteiger partial charge in [-0.2, -0.15) is 0 Å². The second-order valence-corrected chi connectivity index (χ2v) is 4.37. The van der Waals surface area contributed by atoms with Crippen molar-refractivity contribution in [3.8, 4) is 0 Å². The first-order valence-electron chi connectivity index (χ1n) is 5.48. The Bertz CT molecular complexity index is 550. The first-order chi connectivity index (χ1) is 8.49. The monoisotopic (exact) mass is 247 g/mol. The average molecular weight is 247 g/mol. The summed E-state index contributed by atoms with van der Waals surface area (Å²) in [6.07, 6.45) is -0.196. The third-order valence-electron chi connectivity index (χ3n) is 3.14. The van der Waals surface area contributed by atoms with Crippen molar-refractivity contribution in [1.29, 1.82) is 0 Å². The first-order valence-corrected chi connectivity index (χ1v) is 5.48. The summed E-state index contributed by atoms with van der Waals surface area (Å²) in [4.78, 5) is 27.0. The number of hydrogen-bond acceptors (Lipinski definition) is 4. The van der Waals surface area contributed by atoms with Gasteiger partial charge in [0.05, 0.1) is 24.6 Å². The fourth-order valence-corrected chi connectivity index (χ4v) is 2.26.